The molecule has 0 bridgehead atoms. The van der Waals surface area contributed by atoms with Crippen LogP contribution in [0, 0.1) is 0 Å². The number of benzene rings is 2. The van der Waals surface area contributed by atoms with Crippen LogP contribution in [0.5, 0.6) is 17.2 Å². The minimum Gasteiger partial charge on any atom is -0.753 e. The number of nitrogens with zero attached hydrogens (tertiary/aromatic N) is 7. The third kappa shape index (κ3) is 16.5. The number of halogens is 3. The second-order valence-electron chi connectivity index (χ2n) is 14.8. The summed E-state index contributed by atoms with van der Waals surface area (Å²) in [5.74, 6) is 0.760. The Balaban J connectivity index is 0.000000294. The van der Waals surface area contributed by atoms with E-state index < -0.39 is 11.7 Å². The van der Waals surface area contributed by atoms with Gasteiger partial charge in [-0.2, -0.15) is 24.5 Å². The molecule has 0 radical (unpaired) electrons. The van der Waals surface area contributed by atoms with Crippen LogP contribution < -0.4 is 24.1 Å². The number of aryl methyl sites for hydroxylation is 2. The maximum absolute atomic E-state index is 13.2. The quantitative estimate of drug-likeness (QED) is 0.0232. The number of carbonyl (C=O) groups excluding carboxylic acids is 3. The van der Waals surface area contributed by atoms with Crippen molar-refractivity contribution in [2.45, 2.75) is 71.4 Å². The number of alkyl halides is 3. The molecule has 7 rings (SSSR count). The van der Waals surface area contributed by atoms with E-state index >= 15 is 0 Å². The number of anilines is 3. The van der Waals surface area contributed by atoms with Crippen molar-refractivity contribution in [1.29, 1.82) is 0 Å². The van der Waals surface area contributed by atoms with E-state index in [1.54, 1.807) is 12.3 Å². The van der Waals surface area contributed by atoms with Gasteiger partial charge in [0.1, 0.15) is 17.2 Å². The Morgan fingerprint density at radius 3 is 1.48 bits per heavy atom. The van der Waals surface area contributed by atoms with Crippen LogP contribution in [-0.2, 0) is 52.9 Å². The monoisotopic (exact) mass is 1040 g/mol. The topological polar surface area (TPSA) is 170 Å². The molecule has 0 saturated carbocycles. The van der Waals surface area contributed by atoms with Crippen LogP contribution >= 0.6 is 12.2 Å². The largest absolute Gasteiger partial charge is 2.00 e. The second kappa shape index (κ2) is 28.2. The van der Waals surface area contributed by atoms with Gasteiger partial charge in [0.05, 0.1) is 28.5 Å². The summed E-state index contributed by atoms with van der Waals surface area (Å²) >= 11 is 3.70. The smallest absolute Gasteiger partial charge is 0.753 e. The number of aromatic nitrogens is 5. The van der Waals surface area contributed by atoms with Crippen molar-refractivity contribution in [2.75, 3.05) is 4.90 Å². The first-order chi connectivity index (χ1) is 33.0. The molecule has 0 saturated heterocycles. The normalized spacial score (nSPS) is 10.4. The molecular formula is C51H46F3N7O6RuS. The Labute approximate surface area is 415 Å². The number of carbonyl (C=O) groups is 3. The van der Waals surface area contributed by atoms with E-state index in [9.17, 15) is 27.6 Å². The van der Waals surface area contributed by atoms with Crippen LogP contribution in [0.3, 0.4) is 0 Å². The predicted octanol–water partition coefficient (Wildman–Crippen LogP) is 12.1. The van der Waals surface area contributed by atoms with Crippen molar-refractivity contribution in [3.63, 3.8) is 0 Å². The molecule has 0 fully saturated rings. The molecule has 0 atom stereocenters. The molecule has 0 amide bonds. The summed E-state index contributed by atoms with van der Waals surface area (Å²) in [5.41, 5.74) is 6.66. The summed E-state index contributed by atoms with van der Waals surface area (Å²) in [6.07, 6.45) is 10.2. The van der Waals surface area contributed by atoms with E-state index in [2.05, 4.69) is 104 Å². The Bertz CT molecular complexity index is 2630. The zero-order chi connectivity index (χ0) is 48.7. The van der Waals surface area contributed by atoms with E-state index in [4.69, 9.17) is 19.6 Å². The minimum atomic E-state index is -4.44. The predicted molar refractivity (Wildman–Crippen MR) is 256 cm³/mol. The van der Waals surface area contributed by atoms with Gasteiger partial charge in [-0.05, 0) is 85.3 Å². The van der Waals surface area contributed by atoms with Gasteiger partial charge >= 0.3 is 25.7 Å². The van der Waals surface area contributed by atoms with Gasteiger partial charge in [-0.25, -0.2) is 4.98 Å². The fourth-order valence-electron chi connectivity index (χ4n) is 6.84. The second-order valence-corrected chi connectivity index (χ2v) is 15.0. The van der Waals surface area contributed by atoms with Gasteiger partial charge in [-0.1, -0.05) is 82.1 Å². The molecule has 0 aliphatic carbocycles. The number of pyridine rings is 4. The number of thiocarbonyl (C=S) groups is 1. The van der Waals surface area contributed by atoms with Crippen molar-refractivity contribution < 1.29 is 61.2 Å². The molecule has 0 unspecified atom stereocenters. The third-order valence-corrected chi connectivity index (χ3v) is 10.1. The molecule has 18 heteroatoms. The van der Waals surface area contributed by atoms with Crippen LogP contribution in [0.25, 0.3) is 39.6 Å². The van der Waals surface area contributed by atoms with E-state index in [0.29, 0.717) is 41.4 Å². The maximum atomic E-state index is 13.2. The first kappa shape index (κ1) is 54.3. The van der Waals surface area contributed by atoms with Gasteiger partial charge in [-0.15, -0.1) is 5.69 Å². The van der Waals surface area contributed by atoms with Crippen molar-refractivity contribution in [1.82, 2.24) is 24.9 Å². The summed E-state index contributed by atoms with van der Waals surface area (Å²) in [7, 11) is 0. The molecule has 0 aliphatic heterocycles. The third-order valence-electron chi connectivity index (χ3n) is 10.1. The van der Waals surface area contributed by atoms with E-state index in [0.717, 1.165) is 42.2 Å². The average molecular weight is 1040 g/mol. The molecule has 5 heterocycles. The van der Waals surface area contributed by atoms with Gasteiger partial charge in [0.2, 0.25) is 0 Å². The summed E-state index contributed by atoms with van der Waals surface area (Å²) in [6.45, 7) is 5.28. The molecule has 0 aliphatic rings. The summed E-state index contributed by atoms with van der Waals surface area (Å²) in [5, 5.41) is 8.47. The Kier molecular flexibility index (Phi) is 22.2. The fraction of sp³-hybridized carbons (Fsp3) is 0.216. The zero-order valence-corrected chi connectivity index (χ0v) is 40.0. The molecule has 69 heavy (non-hydrogen) atoms. The summed E-state index contributed by atoms with van der Waals surface area (Å²) < 4.78 is 54.0. The van der Waals surface area contributed by atoms with Gasteiger partial charge in [0.15, 0.2) is 0 Å². The Hall–Kier alpha value is -7.26. The molecule has 356 valence electrons. The van der Waals surface area contributed by atoms with E-state index in [1.807, 2.05) is 6.07 Å². The summed E-state index contributed by atoms with van der Waals surface area (Å²) in [6, 6.07) is 30.8. The number of isothiocyanates is 1. The maximum Gasteiger partial charge on any atom is 2.00 e. The fourth-order valence-corrected chi connectivity index (χ4v) is 6.84. The molecule has 7 aromatic rings. The first-order valence-electron chi connectivity index (χ1n) is 21.4. The van der Waals surface area contributed by atoms with Gasteiger partial charge in [-0.3, -0.25) is 29.3 Å². The number of rotatable bonds is 20. The zero-order valence-electron chi connectivity index (χ0n) is 37.5. The first-order valence-corrected chi connectivity index (χ1v) is 21.9. The van der Waals surface area contributed by atoms with Gasteiger partial charge in [0, 0.05) is 65.5 Å². The molecule has 2 aromatic carbocycles. The van der Waals surface area contributed by atoms with E-state index in [-0.39, 0.29) is 48.9 Å². The van der Waals surface area contributed by atoms with Crippen LogP contribution in [0.4, 0.5) is 30.2 Å². The Morgan fingerprint density at radius 2 is 1.04 bits per heavy atom. The molecular weight excluding hydrogens is 997 g/mol. The number of unbranched alkanes of at least 4 members (excludes halogenated alkanes) is 4. The van der Waals surface area contributed by atoms with Crippen molar-refractivity contribution >= 4 is 53.9 Å². The standard InChI is InChI=1S/C32H35F3N3.C18H11N3O6.CNS.Ru/c1-3-5-7-9-24-11-15-27(16-12-24)38(28-17-13-25(14-18-28)10-8-6-4-2)29-19-20-36-31(22-29)30-21-26(23-37-30)32(33,34)35;22-9-25-12-1-3-19-15(5-12)17-7-14(27-11-24)8-18(21-17)16-6-13(26-10-23)2-4-20-16;2-1-3;/h11-23H,3-10H2,1-2H3;1-11H;;/q-1;;-1;+2. The van der Waals surface area contributed by atoms with Crippen LogP contribution in [0.2, 0.25) is 0 Å². The molecule has 0 N–H and O–H groups in total. The number of hydrogen-bond acceptors (Lipinski definition) is 12. The van der Waals surface area contributed by atoms with Crippen molar-refractivity contribution in [3.05, 3.63) is 150 Å². The molecule has 0 spiro atoms. The van der Waals surface area contributed by atoms with Crippen LogP contribution in [0.15, 0.2) is 128 Å². The van der Waals surface area contributed by atoms with E-state index in [1.165, 1.54) is 104 Å². The van der Waals surface area contributed by atoms with Crippen LogP contribution in [0.1, 0.15) is 69.1 Å². The molecule has 13 nitrogen and oxygen atoms in total. The minimum absolute atomic E-state index is 0. The number of ether oxygens (including phenoxy) is 3. The SMILES string of the molecule is CCCCCc1ccc(N(c2ccc(CCCCC)cc2)c2ccnc(-c3cc(C(F)(F)F)c[n-]3)c2)cc1.O=COc1ccnc(-c2cc(OC=O)cc(-c3cc(OC=O)ccn3)n2)c1.[N-]=C=S.[Ru+2]. The summed E-state index contributed by atoms with van der Waals surface area (Å²) in [4.78, 5) is 55.1. The van der Waals surface area contributed by atoms with Gasteiger partial charge in [0.25, 0.3) is 19.4 Å². The number of hydrogen-bond donors (Lipinski definition) is 0. The van der Waals surface area contributed by atoms with Crippen molar-refractivity contribution in [2.24, 2.45) is 0 Å². The van der Waals surface area contributed by atoms with Crippen LogP contribution in [-0.4, -0.2) is 44.5 Å². The van der Waals surface area contributed by atoms with Crippen molar-refractivity contribution in [3.8, 4) is 51.4 Å². The average Bonchev–Trinajstić information content (AvgIpc) is 3.86. The molecule has 5 aromatic heterocycles. The Morgan fingerprint density at radius 1 is 0.609 bits per heavy atom. The van der Waals surface area contributed by atoms with Gasteiger partial charge < -0.3 is 29.5 Å².